The fourth-order valence-electron chi connectivity index (χ4n) is 16.6. The van der Waals surface area contributed by atoms with Crippen LogP contribution in [0.5, 0.6) is 0 Å². The van der Waals surface area contributed by atoms with E-state index in [9.17, 15) is 0 Å². The number of aromatic nitrogens is 4. The molecule has 0 radical (unpaired) electrons. The van der Waals surface area contributed by atoms with Crippen LogP contribution in [-0.2, 0) is 32.5 Å². The first-order valence-electron chi connectivity index (χ1n) is 37.3. The van der Waals surface area contributed by atoms with Crippen molar-refractivity contribution in [3.8, 4) is 33.4 Å². The quantitative estimate of drug-likeness (QED) is 0.0985. The summed E-state index contributed by atoms with van der Waals surface area (Å²) in [5.74, 6) is -0.411. The van der Waals surface area contributed by atoms with Crippen molar-refractivity contribution in [3.63, 3.8) is 0 Å². The molecule has 8 bridgehead atoms. The van der Waals surface area contributed by atoms with Gasteiger partial charge in [-0.2, -0.15) is 0 Å². The Morgan fingerprint density at radius 1 is 0.330 bits per heavy atom. The third-order valence-electron chi connectivity index (χ3n) is 22.6. The lowest BCUT2D eigenvalue weighted by Crippen LogP contribution is -2.41. The number of nitrogens with one attached hydrogen (secondary N) is 2. The predicted octanol–water partition coefficient (Wildman–Crippen LogP) is 26.4. The van der Waals surface area contributed by atoms with Crippen molar-refractivity contribution in [2.75, 3.05) is 4.90 Å². The highest BCUT2D eigenvalue weighted by Crippen LogP contribution is 2.52. The molecule has 7 nitrogen and oxygen atoms in total. The molecule has 0 aliphatic carbocycles. The molecule has 16 rings (SSSR count). The van der Waals surface area contributed by atoms with E-state index < -0.39 is 0 Å². The van der Waals surface area contributed by atoms with Gasteiger partial charge in [-0.3, -0.25) is 9.59 Å². The van der Waals surface area contributed by atoms with Crippen LogP contribution in [0.15, 0.2) is 152 Å². The van der Waals surface area contributed by atoms with E-state index in [1.54, 1.807) is 0 Å². The van der Waals surface area contributed by atoms with Crippen LogP contribution in [0, 0.1) is 0 Å². The molecule has 0 saturated heterocycles. The average molecular weight is 1350 g/mol. The van der Waals surface area contributed by atoms with Crippen LogP contribution in [-0.4, -0.2) is 31.8 Å². The van der Waals surface area contributed by atoms with Gasteiger partial charge in [0.2, 0.25) is 0 Å². The van der Waals surface area contributed by atoms with E-state index >= 15 is 9.59 Å². The van der Waals surface area contributed by atoms with Gasteiger partial charge in [-0.25, -0.2) is 14.9 Å². The molecule has 0 atom stereocenters. The maximum absolute atomic E-state index is 15.4. The Bertz CT molecular complexity index is 5960. The van der Waals surface area contributed by atoms with E-state index in [1.165, 1.54) is 38.3 Å². The molecule has 2 aliphatic rings. The van der Waals surface area contributed by atoms with Crippen molar-refractivity contribution >= 4 is 127 Å². The number of carbonyl (C=O) groups excluding carboxylic acids is 2. The lowest BCUT2D eigenvalue weighted by Gasteiger charge is -2.32. The fourth-order valence-corrected chi connectivity index (χ4v) is 16.6. The second-order valence-corrected chi connectivity index (χ2v) is 36.8. The highest BCUT2D eigenvalue weighted by molar-refractivity contribution is 6.46. The third kappa shape index (κ3) is 10.8. The maximum atomic E-state index is 15.4. The second kappa shape index (κ2) is 22.8. The first-order valence-corrected chi connectivity index (χ1v) is 37.3. The fraction of sp³-hybridized carbons (Fsp3) is 0.312. The molecule has 0 unspecified atom stereocenters. The first kappa shape index (κ1) is 67.5. The maximum Gasteiger partial charge on any atom is 0.266 e. The number of anilines is 1. The van der Waals surface area contributed by atoms with Crippen LogP contribution in [0.2, 0.25) is 0 Å². The SMILES string of the molecule is CC(C)c1cccc(C(C)C)c1N1C(=O)c2ccc3c4ccc5c6cc7nc6c(c6ccc([nH]6)c(-c6cc(C(C)(C)C)cc(C(C)(C)C)c6)c6nc(c(-c8cc(C(C)(C)C)cc(C(C)(C)C)c8)c8ccc([nH]8)c7-c7cc(C(C)(C)C)cc(C(C)(C)C)c7)C=C6)c6ccc(c7ccc(c2c37)C1=O)c4c56. The smallest absolute Gasteiger partial charge is 0.266 e. The van der Waals surface area contributed by atoms with Crippen LogP contribution in [0.3, 0.4) is 0 Å². The van der Waals surface area contributed by atoms with Gasteiger partial charge in [0.1, 0.15) is 0 Å². The number of rotatable bonds is 6. The number of aromatic amines is 2. The van der Waals surface area contributed by atoms with E-state index in [1.807, 2.05) is 12.1 Å². The van der Waals surface area contributed by atoms with Crippen molar-refractivity contribution in [3.05, 3.63) is 219 Å². The number of amides is 2. The van der Waals surface area contributed by atoms with Gasteiger partial charge in [-0.1, -0.05) is 262 Å². The summed E-state index contributed by atoms with van der Waals surface area (Å²) in [6.45, 7) is 50.2. The van der Waals surface area contributed by atoms with Crippen molar-refractivity contribution < 1.29 is 9.59 Å². The van der Waals surface area contributed by atoms with Crippen LogP contribution >= 0.6 is 0 Å². The molecule has 10 aromatic carbocycles. The summed E-state index contributed by atoms with van der Waals surface area (Å²) in [6, 6.07) is 56.8. The van der Waals surface area contributed by atoms with Gasteiger partial charge in [0, 0.05) is 66.0 Å². The minimum Gasteiger partial charge on any atom is -0.354 e. The van der Waals surface area contributed by atoms with Crippen molar-refractivity contribution in [2.24, 2.45) is 0 Å². The van der Waals surface area contributed by atoms with Crippen molar-refractivity contribution in [2.45, 2.75) is 197 Å². The Hall–Kier alpha value is -9.98. The predicted molar refractivity (Wildman–Crippen MR) is 440 cm³/mol. The number of para-hydroxylation sites is 1. The monoisotopic (exact) mass is 1350 g/mol. The Kier molecular flexibility index (Phi) is 14.9. The van der Waals surface area contributed by atoms with E-state index in [4.69, 9.17) is 9.97 Å². The van der Waals surface area contributed by atoms with Crippen LogP contribution < -0.4 is 4.90 Å². The minimum absolute atomic E-state index is 0.0839. The number of nitrogens with zero attached hydrogens (tertiary/aromatic N) is 3. The molecule has 0 spiro atoms. The Morgan fingerprint density at radius 3 is 1.06 bits per heavy atom. The van der Waals surface area contributed by atoms with Gasteiger partial charge in [0.25, 0.3) is 11.8 Å². The van der Waals surface area contributed by atoms with Gasteiger partial charge < -0.3 is 9.97 Å². The third-order valence-corrected chi connectivity index (χ3v) is 22.6. The summed E-state index contributed by atoms with van der Waals surface area (Å²) < 4.78 is 0. The molecule has 2 N–H and O–H groups in total. The Balaban J connectivity index is 1.08. The summed E-state index contributed by atoms with van der Waals surface area (Å²) in [5.41, 5.74) is 24.0. The second-order valence-electron chi connectivity index (χ2n) is 36.8. The standard InChI is InChI=1S/C96H97N5O2/c1-50(2)61-24-23-25-62(51(3)4)88(61)101-89(102)69-32-29-65-63-26-27-67-71-49-78-81(54-44-59(95(17,18)19)48-60(45-54)96(20,21)22)76-37-36-74(98-76)79(52-40-55(91(5,6)7)46-56(41-52)92(8,9)10)72-34-35-73(97-72)80(53-42-57(93(11,12)13)47-58(43-53)94(14,15)16)75-38-39-77(99-75)86(87(71)100-78)68-31-28-64(82(63)84(67)68)66-30-33-70(90(101)103)85(69)83(65)66/h23-51,98-99H,1-22H3. The van der Waals surface area contributed by atoms with Gasteiger partial charge >= 0.3 is 0 Å². The van der Waals surface area contributed by atoms with Crippen molar-refractivity contribution in [1.82, 2.24) is 19.9 Å². The van der Waals surface area contributed by atoms with Gasteiger partial charge in [-0.15, -0.1) is 0 Å². The molecule has 2 amide bonds. The minimum atomic E-state index is -0.289. The lowest BCUT2D eigenvalue weighted by atomic mass is 9.78. The zero-order valence-electron chi connectivity index (χ0n) is 64.4. The lowest BCUT2D eigenvalue weighted by molar-refractivity contribution is 0.0892. The topological polar surface area (TPSA) is 94.7 Å². The summed E-state index contributed by atoms with van der Waals surface area (Å²) in [7, 11) is 0. The number of imide groups is 1. The number of hydrogen-bond acceptors (Lipinski definition) is 4. The van der Waals surface area contributed by atoms with Crippen LogP contribution in [0.1, 0.15) is 241 Å². The Morgan fingerprint density at radius 2 is 0.660 bits per heavy atom. The Labute approximate surface area is 606 Å². The van der Waals surface area contributed by atoms with Gasteiger partial charge in [0.15, 0.2) is 0 Å². The number of fused-ring (bicyclic) bond motifs is 12. The largest absolute Gasteiger partial charge is 0.354 e. The molecule has 4 aromatic heterocycles. The zero-order valence-corrected chi connectivity index (χ0v) is 64.4. The van der Waals surface area contributed by atoms with Gasteiger partial charge in [0.05, 0.1) is 28.1 Å². The van der Waals surface area contributed by atoms with E-state index in [0.29, 0.717) is 16.8 Å². The normalized spacial score (nSPS) is 14.1. The summed E-state index contributed by atoms with van der Waals surface area (Å²) in [4.78, 5) is 52.8. The highest BCUT2D eigenvalue weighted by atomic mass is 16.2. The molecular formula is C96H97N5O2. The van der Waals surface area contributed by atoms with Gasteiger partial charge in [-0.05, 0) is 209 Å². The molecular weight excluding hydrogens is 1260 g/mol. The van der Waals surface area contributed by atoms with Crippen molar-refractivity contribution in [1.29, 1.82) is 0 Å². The molecule has 2 aliphatic heterocycles. The van der Waals surface area contributed by atoms with Crippen LogP contribution in [0.4, 0.5) is 5.69 Å². The summed E-state index contributed by atoms with van der Waals surface area (Å²) >= 11 is 0. The van der Waals surface area contributed by atoms with E-state index in [0.717, 1.165) is 154 Å². The first-order chi connectivity index (χ1) is 48.3. The van der Waals surface area contributed by atoms with Crippen LogP contribution in [0.25, 0.3) is 143 Å². The summed E-state index contributed by atoms with van der Waals surface area (Å²) in [6.07, 6.45) is 4.49. The number of hydrogen-bond donors (Lipinski definition) is 2. The average Bonchev–Trinajstić information content (AvgIpc) is 1.68. The molecule has 6 heterocycles. The number of benzene rings is 10. The molecule has 14 aromatic rings. The van der Waals surface area contributed by atoms with E-state index in [2.05, 4.69) is 314 Å². The molecule has 0 saturated carbocycles. The molecule has 518 valence electrons. The molecule has 0 fully saturated rings. The molecule has 7 heteroatoms. The zero-order chi connectivity index (χ0) is 73.2. The number of H-pyrrole nitrogens is 2. The highest BCUT2D eigenvalue weighted by Gasteiger charge is 2.39. The van der Waals surface area contributed by atoms with E-state index in [-0.39, 0.29) is 56.1 Å². The molecule has 103 heavy (non-hydrogen) atoms. The number of carbonyl (C=O) groups is 2. The summed E-state index contributed by atoms with van der Waals surface area (Å²) in [5, 5.41) is 12.3.